The molecule has 3 rings (SSSR count). The van der Waals surface area contributed by atoms with Crippen molar-refractivity contribution in [2.24, 2.45) is 0 Å². The number of non-ortho nitro benzene ring substituents is 1. The van der Waals surface area contributed by atoms with Crippen molar-refractivity contribution >= 4 is 25.8 Å². The highest BCUT2D eigenvalue weighted by Gasteiger charge is 2.23. The van der Waals surface area contributed by atoms with Gasteiger partial charge < -0.3 is 5.11 Å². The number of unbranched alkanes of at least 4 members (excludes halogenated alkanes) is 1. The van der Waals surface area contributed by atoms with Gasteiger partial charge >= 0.3 is 0 Å². The van der Waals surface area contributed by atoms with Gasteiger partial charge in [0.15, 0.2) is 0 Å². The first-order chi connectivity index (χ1) is 16.4. The number of aliphatic hydroxyl groups is 1. The van der Waals surface area contributed by atoms with Gasteiger partial charge in [-0.2, -0.15) is 8.42 Å². The maximum atomic E-state index is 12.4. The van der Waals surface area contributed by atoms with Crippen LogP contribution < -0.4 is 4.72 Å². The van der Waals surface area contributed by atoms with Crippen molar-refractivity contribution in [2.75, 3.05) is 13.2 Å². The maximum absolute atomic E-state index is 12.4. The van der Waals surface area contributed by atoms with E-state index in [1.807, 2.05) is 6.92 Å². The molecule has 0 fully saturated rings. The van der Waals surface area contributed by atoms with Crippen LogP contribution in [-0.4, -0.2) is 44.6 Å². The summed E-state index contributed by atoms with van der Waals surface area (Å²) >= 11 is 0. The van der Waals surface area contributed by atoms with Gasteiger partial charge in [-0.25, -0.2) is 13.1 Å². The Bertz CT molecular complexity index is 1390. The normalized spacial score (nSPS) is 13.1. The smallest absolute Gasteiger partial charge is 0.295 e. The largest absolute Gasteiger partial charge is 0.396 e. The molecule has 0 heterocycles. The monoisotopic (exact) mass is 522 g/mol. The van der Waals surface area contributed by atoms with E-state index in [2.05, 4.69) is 4.72 Å². The third kappa shape index (κ3) is 6.41. The lowest BCUT2D eigenvalue weighted by Gasteiger charge is -2.07. The standard InChI is InChI=1S/C23H26N2O8S2/c1-16(15-26)17-5-11-21-18(14-23(35(31,32)33)22(21)12-6-17)4-2-3-13-24-34(29,30)20-9-7-19(8-10-20)25(27)28/h5-12,14,16,24,26H,2-4,13,15H2,1H3,(H,31,32,33). The van der Waals surface area contributed by atoms with Crippen LogP contribution in [0.25, 0.3) is 11.1 Å². The quantitative estimate of drug-likeness (QED) is 0.149. The zero-order valence-electron chi connectivity index (χ0n) is 18.9. The number of benzene rings is 1. The van der Waals surface area contributed by atoms with Crippen LogP contribution in [-0.2, 0) is 26.6 Å². The zero-order valence-corrected chi connectivity index (χ0v) is 20.5. The second-order valence-electron chi connectivity index (χ2n) is 8.19. The lowest BCUT2D eigenvalue weighted by Crippen LogP contribution is -2.24. The van der Waals surface area contributed by atoms with Gasteiger partial charge in [-0.3, -0.25) is 14.7 Å². The molecule has 10 nitrogen and oxygen atoms in total. The van der Waals surface area contributed by atoms with Crippen LogP contribution in [0.2, 0.25) is 0 Å². The molecule has 1 atom stereocenters. The average Bonchev–Trinajstić information content (AvgIpc) is 3.01. The van der Waals surface area contributed by atoms with Gasteiger partial charge in [0, 0.05) is 36.8 Å². The van der Waals surface area contributed by atoms with Gasteiger partial charge in [0.25, 0.3) is 15.8 Å². The topological polar surface area (TPSA) is 164 Å². The fourth-order valence-corrected chi connectivity index (χ4v) is 5.56. The molecule has 3 N–H and O–H groups in total. The Balaban J connectivity index is 1.69. The number of nitrogens with zero attached hydrogens (tertiary/aromatic N) is 1. The van der Waals surface area contributed by atoms with Crippen molar-refractivity contribution in [2.45, 2.75) is 41.9 Å². The van der Waals surface area contributed by atoms with Crippen molar-refractivity contribution in [1.29, 1.82) is 0 Å². The number of nitro groups is 1. The molecular weight excluding hydrogens is 496 g/mol. The molecule has 12 heteroatoms. The molecule has 1 aromatic rings. The number of fused-ring (bicyclic) bond motifs is 1. The summed E-state index contributed by atoms with van der Waals surface area (Å²) in [5.74, 6) is -0.145. The minimum atomic E-state index is -4.45. The van der Waals surface area contributed by atoms with E-state index in [0.29, 0.717) is 36.0 Å². The Morgan fingerprint density at radius 2 is 1.60 bits per heavy atom. The SMILES string of the molecule is CC(CO)c1ccc2c(CCCCNS(=O)(=O)c3ccc([N+](=O)[O-])cc3)cc(S(=O)(=O)O)c-2cc1. The first-order valence-corrected chi connectivity index (χ1v) is 13.7. The Hall–Kier alpha value is -2.90. The predicted octanol–water partition coefficient (Wildman–Crippen LogP) is 3.34. The summed E-state index contributed by atoms with van der Waals surface area (Å²) in [4.78, 5) is 9.83. The van der Waals surface area contributed by atoms with Gasteiger partial charge in [0.05, 0.1) is 9.82 Å². The predicted molar refractivity (Wildman–Crippen MR) is 130 cm³/mol. The van der Waals surface area contributed by atoms with E-state index in [1.54, 1.807) is 24.3 Å². The van der Waals surface area contributed by atoms with Crippen LogP contribution in [0.5, 0.6) is 0 Å². The van der Waals surface area contributed by atoms with Crippen LogP contribution in [0.4, 0.5) is 5.69 Å². The highest BCUT2D eigenvalue weighted by molar-refractivity contribution is 7.89. The van der Waals surface area contributed by atoms with Crippen LogP contribution in [0.15, 0.2) is 64.4 Å². The summed E-state index contributed by atoms with van der Waals surface area (Å²) in [7, 11) is -8.28. The van der Waals surface area contributed by atoms with Crippen molar-refractivity contribution < 1.29 is 31.4 Å². The van der Waals surface area contributed by atoms with Crippen LogP contribution in [0.1, 0.15) is 36.8 Å². The van der Waals surface area contributed by atoms with E-state index in [9.17, 15) is 36.6 Å². The number of rotatable bonds is 11. The molecule has 0 aromatic heterocycles. The summed E-state index contributed by atoms with van der Waals surface area (Å²) in [6.45, 7) is 1.89. The molecule has 1 unspecified atom stereocenters. The summed E-state index contributed by atoms with van der Waals surface area (Å²) in [6.07, 6.45) is 1.43. The molecule has 0 radical (unpaired) electrons. The number of aryl methyl sites for hydroxylation is 1. The molecule has 0 saturated heterocycles. The molecule has 2 aliphatic carbocycles. The van der Waals surface area contributed by atoms with E-state index >= 15 is 0 Å². The first-order valence-electron chi connectivity index (χ1n) is 10.8. The molecule has 35 heavy (non-hydrogen) atoms. The third-order valence-corrected chi connectivity index (χ3v) is 8.11. The number of hydrogen-bond donors (Lipinski definition) is 3. The molecule has 0 spiro atoms. The summed E-state index contributed by atoms with van der Waals surface area (Å²) in [6, 6.07) is 12.9. The molecule has 2 aliphatic rings. The highest BCUT2D eigenvalue weighted by Crippen LogP contribution is 2.36. The number of hydrogen-bond acceptors (Lipinski definition) is 7. The van der Waals surface area contributed by atoms with Crippen LogP contribution in [0, 0.1) is 10.1 Å². The Morgan fingerprint density at radius 3 is 2.17 bits per heavy atom. The summed E-state index contributed by atoms with van der Waals surface area (Å²) < 4.78 is 60.7. The van der Waals surface area contributed by atoms with Gasteiger partial charge in [0.1, 0.15) is 4.90 Å². The van der Waals surface area contributed by atoms with Crippen molar-refractivity contribution in [1.82, 2.24) is 4.72 Å². The van der Waals surface area contributed by atoms with Gasteiger partial charge in [-0.15, -0.1) is 0 Å². The lowest BCUT2D eigenvalue weighted by atomic mass is 10.0. The third-order valence-electron chi connectivity index (χ3n) is 5.74. The van der Waals surface area contributed by atoms with E-state index in [0.717, 1.165) is 17.7 Å². The maximum Gasteiger partial charge on any atom is 0.295 e. The highest BCUT2D eigenvalue weighted by atomic mass is 32.2. The Labute approximate surface area is 203 Å². The van der Waals surface area contributed by atoms with Gasteiger partial charge in [0.2, 0.25) is 10.0 Å². The van der Waals surface area contributed by atoms with E-state index in [1.165, 1.54) is 18.2 Å². The molecule has 0 amide bonds. The number of nitrogens with one attached hydrogen (secondary N) is 1. The Kier molecular flexibility index (Phi) is 8.23. The van der Waals surface area contributed by atoms with E-state index in [4.69, 9.17) is 0 Å². The second-order valence-corrected chi connectivity index (χ2v) is 11.3. The molecule has 0 saturated carbocycles. The average molecular weight is 523 g/mol. The molecular formula is C23H26N2O8S2. The van der Waals surface area contributed by atoms with E-state index in [-0.39, 0.29) is 34.5 Å². The molecule has 0 aliphatic heterocycles. The lowest BCUT2D eigenvalue weighted by molar-refractivity contribution is -0.384. The van der Waals surface area contributed by atoms with Crippen LogP contribution in [0.3, 0.4) is 0 Å². The minimum absolute atomic E-state index is 0.0674. The Morgan fingerprint density at radius 1 is 0.971 bits per heavy atom. The summed E-state index contributed by atoms with van der Waals surface area (Å²) in [5.41, 5.74) is 2.33. The van der Waals surface area contributed by atoms with Gasteiger partial charge in [-0.1, -0.05) is 31.2 Å². The molecule has 188 valence electrons. The first kappa shape index (κ1) is 26.7. The van der Waals surface area contributed by atoms with Crippen molar-refractivity contribution in [3.63, 3.8) is 0 Å². The number of nitro benzene ring substituents is 1. The van der Waals surface area contributed by atoms with Crippen molar-refractivity contribution in [3.05, 3.63) is 75.8 Å². The minimum Gasteiger partial charge on any atom is -0.396 e. The fourth-order valence-electron chi connectivity index (χ4n) is 3.73. The number of sulfonamides is 1. The van der Waals surface area contributed by atoms with Gasteiger partial charge in [-0.05, 0) is 54.2 Å². The second kappa shape index (κ2) is 10.8. The zero-order chi connectivity index (χ0) is 25.8. The van der Waals surface area contributed by atoms with Crippen molar-refractivity contribution in [3.8, 4) is 11.1 Å². The molecule has 0 bridgehead atoms. The number of aliphatic hydroxyl groups excluding tert-OH is 1. The summed E-state index contributed by atoms with van der Waals surface area (Å²) in [5, 5.41) is 20.1. The molecule has 1 aromatic carbocycles. The van der Waals surface area contributed by atoms with E-state index < -0.39 is 25.1 Å². The van der Waals surface area contributed by atoms with Crippen LogP contribution >= 0.6 is 0 Å². The fraction of sp³-hybridized carbons (Fsp3) is 0.304.